The van der Waals surface area contributed by atoms with Crippen LogP contribution >= 0.6 is 0 Å². The molecule has 0 saturated carbocycles. The molecular formula is C49H34N2O. The average Bonchev–Trinajstić information content (AvgIpc) is 3.73. The van der Waals surface area contributed by atoms with E-state index >= 15 is 0 Å². The molecule has 0 amide bonds. The van der Waals surface area contributed by atoms with Gasteiger partial charge in [-0.25, -0.2) is 9.97 Å². The Kier molecular flexibility index (Phi) is 6.84. The van der Waals surface area contributed by atoms with Crippen LogP contribution in [-0.4, -0.2) is 9.97 Å². The van der Waals surface area contributed by atoms with Crippen LogP contribution in [0, 0.1) is 0 Å². The Balaban J connectivity index is 1.09. The third kappa shape index (κ3) is 4.89. The van der Waals surface area contributed by atoms with Crippen molar-refractivity contribution in [2.24, 2.45) is 0 Å². The Morgan fingerprint density at radius 1 is 0.423 bits per heavy atom. The number of benzene rings is 7. The summed E-state index contributed by atoms with van der Waals surface area (Å²) in [6.45, 7) is 4.70. The van der Waals surface area contributed by atoms with Crippen molar-refractivity contribution in [3.63, 3.8) is 0 Å². The maximum Gasteiger partial charge on any atom is 0.160 e. The van der Waals surface area contributed by atoms with Crippen molar-refractivity contribution in [2.75, 3.05) is 0 Å². The van der Waals surface area contributed by atoms with Gasteiger partial charge in [-0.2, -0.15) is 0 Å². The van der Waals surface area contributed by atoms with Crippen LogP contribution in [-0.2, 0) is 5.41 Å². The largest absolute Gasteiger partial charge is 0.456 e. The molecule has 9 aromatic rings. The number of hydrogen-bond acceptors (Lipinski definition) is 3. The maximum absolute atomic E-state index is 6.35. The molecule has 3 heteroatoms. The number of furan rings is 1. The van der Waals surface area contributed by atoms with E-state index in [9.17, 15) is 0 Å². The first-order chi connectivity index (χ1) is 25.5. The summed E-state index contributed by atoms with van der Waals surface area (Å²) in [7, 11) is 0. The van der Waals surface area contributed by atoms with Crippen LogP contribution in [0.4, 0.5) is 0 Å². The smallest absolute Gasteiger partial charge is 0.160 e. The second-order valence-electron chi connectivity index (χ2n) is 14.2. The van der Waals surface area contributed by atoms with Gasteiger partial charge in [0.15, 0.2) is 5.82 Å². The minimum atomic E-state index is -0.0888. The highest BCUT2D eigenvalue weighted by Gasteiger charge is 2.37. The number of fused-ring (bicyclic) bond motifs is 5. The molecule has 10 rings (SSSR count). The fourth-order valence-electron chi connectivity index (χ4n) is 8.02. The highest BCUT2D eigenvalue weighted by Crippen LogP contribution is 2.53. The lowest BCUT2D eigenvalue weighted by atomic mass is 9.81. The predicted molar refractivity (Wildman–Crippen MR) is 214 cm³/mol. The van der Waals surface area contributed by atoms with E-state index in [4.69, 9.17) is 14.4 Å². The van der Waals surface area contributed by atoms with Gasteiger partial charge in [0.05, 0.1) is 11.4 Å². The quantitative estimate of drug-likeness (QED) is 0.183. The molecule has 0 radical (unpaired) electrons. The molecule has 0 atom stereocenters. The molecule has 0 fully saturated rings. The highest BCUT2D eigenvalue weighted by atomic mass is 16.3. The summed E-state index contributed by atoms with van der Waals surface area (Å²) >= 11 is 0. The molecule has 246 valence electrons. The normalized spacial score (nSPS) is 13.0. The molecule has 2 aromatic heterocycles. The van der Waals surface area contributed by atoms with E-state index < -0.39 is 0 Å². The van der Waals surface area contributed by atoms with Crippen molar-refractivity contribution in [3.05, 3.63) is 181 Å². The molecule has 0 N–H and O–H groups in total. The van der Waals surface area contributed by atoms with Gasteiger partial charge in [-0.3, -0.25) is 0 Å². The Morgan fingerprint density at radius 2 is 1.06 bits per heavy atom. The second-order valence-corrected chi connectivity index (χ2v) is 14.2. The number of para-hydroxylation sites is 1. The van der Waals surface area contributed by atoms with E-state index in [2.05, 4.69) is 141 Å². The van der Waals surface area contributed by atoms with Crippen molar-refractivity contribution in [2.45, 2.75) is 19.3 Å². The molecule has 1 aliphatic rings. The average molecular weight is 667 g/mol. The van der Waals surface area contributed by atoms with Crippen LogP contribution in [0.15, 0.2) is 174 Å². The molecule has 7 aromatic carbocycles. The minimum Gasteiger partial charge on any atom is -0.456 e. The van der Waals surface area contributed by atoms with E-state index in [0.29, 0.717) is 5.82 Å². The van der Waals surface area contributed by atoms with E-state index in [-0.39, 0.29) is 5.41 Å². The lowest BCUT2D eigenvalue weighted by Gasteiger charge is -2.22. The first-order valence-electron chi connectivity index (χ1n) is 17.8. The Morgan fingerprint density at radius 3 is 1.85 bits per heavy atom. The van der Waals surface area contributed by atoms with Crippen molar-refractivity contribution in [1.29, 1.82) is 0 Å². The molecule has 0 unspecified atom stereocenters. The van der Waals surface area contributed by atoms with Gasteiger partial charge in [-0.15, -0.1) is 0 Å². The number of nitrogens with zero attached hydrogens (tertiary/aromatic N) is 2. The summed E-state index contributed by atoms with van der Waals surface area (Å²) < 4.78 is 6.35. The van der Waals surface area contributed by atoms with Gasteiger partial charge in [0.1, 0.15) is 11.3 Å². The third-order valence-electron chi connectivity index (χ3n) is 10.7. The fraction of sp³-hybridized carbons (Fsp3) is 0.0612. The topological polar surface area (TPSA) is 38.9 Å². The first kappa shape index (κ1) is 30.3. The van der Waals surface area contributed by atoms with E-state index in [1.165, 1.54) is 44.2 Å². The number of rotatable bonds is 5. The van der Waals surface area contributed by atoms with Crippen molar-refractivity contribution in [3.8, 4) is 67.5 Å². The van der Waals surface area contributed by atoms with Crippen LogP contribution in [0.2, 0.25) is 0 Å². The molecule has 0 aliphatic heterocycles. The molecule has 1 aliphatic carbocycles. The Labute approximate surface area is 302 Å². The van der Waals surface area contributed by atoms with Crippen molar-refractivity contribution >= 4 is 21.7 Å². The van der Waals surface area contributed by atoms with Crippen LogP contribution in [0.5, 0.6) is 0 Å². The lowest BCUT2D eigenvalue weighted by Crippen LogP contribution is -2.14. The zero-order valence-electron chi connectivity index (χ0n) is 29.0. The maximum atomic E-state index is 6.35. The van der Waals surface area contributed by atoms with E-state index in [1.54, 1.807) is 0 Å². The number of aromatic nitrogens is 2. The van der Waals surface area contributed by atoms with Gasteiger partial charge in [0.2, 0.25) is 0 Å². The standard InChI is InChI=1S/C49H34N2O/c1-49(2)41-21-12-20-37(47(41)40-27-34-15-6-7-16-35(34)28-42(40)49)31-23-25-32(26-24-31)43-30-44(51-48(50-43)33-13-4-3-5-14-33)38-18-9-10-19-39(38)46-29-36-17-8-11-22-45(36)52-46/h3-30H,1-2H3. The summed E-state index contributed by atoms with van der Waals surface area (Å²) in [4.78, 5) is 10.3. The van der Waals surface area contributed by atoms with Crippen LogP contribution < -0.4 is 0 Å². The Hall–Kier alpha value is -6.58. The monoisotopic (exact) mass is 666 g/mol. The summed E-state index contributed by atoms with van der Waals surface area (Å²) in [6, 6.07) is 60.0. The molecule has 2 heterocycles. The molecular weight excluding hydrogens is 633 g/mol. The molecule has 52 heavy (non-hydrogen) atoms. The van der Waals surface area contributed by atoms with Gasteiger partial charge in [0, 0.05) is 33.1 Å². The van der Waals surface area contributed by atoms with Crippen molar-refractivity contribution in [1.82, 2.24) is 9.97 Å². The van der Waals surface area contributed by atoms with Gasteiger partial charge < -0.3 is 4.42 Å². The molecule has 0 saturated heterocycles. The van der Waals surface area contributed by atoms with Crippen molar-refractivity contribution < 1.29 is 4.42 Å². The lowest BCUT2D eigenvalue weighted by molar-refractivity contribution is 0.632. The third-order valence-corrected chi connectivity index (χ3v) is 10.7. The highest BCUT2D eigenvalue weighted by molar-refractivity contribution is 5.98. The molecule has 0 spiro atoms. The molecule has 0 bridgehead atoms. The van der Waals surface area contributed by atoms with Gasteiger partial charge in [-0.1, -0.05) is 153 Å². The predicted octanol–water partition coefficient (Wildman–Crippen LogP) is 13.0. The second kappa shape index (κ2) is 11.8. The summed E-state index contributed by atoms with van der Waals surface area (Å²) in [5.74, 6) is 1.50. The van der Waals surface area contributed by atoms with Gasteiger partial charge in [-0.05, 0) is 74.5 Å². The van der Waals surface area contributed by atoms with Crippen LogP contribution in [0.25, 0.3) is 89.2 Å². The van der Waals surface area contributed by atoms with Gasteiger partial charge in [0.25, 0.3) is 0 Å². The number of hydrogen-bond donors (Lipinski definition) is 0. The van der Waals surface area contributed by atoms with Gasteiger partial charge >= 0.3 is 0 Å². The van der Waals surface area contributed by atoms with Crippen LogP contribution in [0.1, 0.15) is 25.0 Å². The zero-order chi connectivity index (χ0) is 34.8. The summed E-state index contributed by atoms with van der Waals surface area (Å²) in [6.07, 6.45) is 0. The fourth-order valence-corrected chi connectivity index (χ4v) is 8.02. The van der Waals surface area contributed by atoms with Crippen LogP contribution in [0.3, 0.4) is 0 Å². The van der Waals surface area contributed by atoms with E-state index in [0.717, 1.165) is 50.4 Å². The first-order valence-corrected chi connectivity index (χ1v) is 17.8. The summed E-state index contributed by atoms with van der Waals surface area (Å²) in [5.41, 5.74) is 14.3. The minimum absolute atomic E-state index is 0.0888. The molecule has 3 nitrogen and oxygen atoms in total. The SMILES string of the molecule is CC1(C)c2cc3ccccc3cc2-c2c(-c3ccc(-c4cc(-c5ccccc5-c5cc6ccccc6o5)nc(-c5ccccc5)n4)cc3)cccc21. The zero-order valence-corrected chi connectivity index (χ0v) is 29.0. The summed E-state index contributed by atoms with van der Waals surface area (Å²) in [5, 5.41) is 3.63. The van der Waals surface area contributed by atoms with E-state index in [1.807, 2.05) is 42.5 Å². The Bertz CT molecular complexity index is 2780.